The third-order valence-electron chi connectivity index (χ3n) is 4.94. The Labute approximate surface area is 168 Å². The van der Waals surface area contributed by atoms with E-state index in [1.54, 1.807) is 18.3 Å². The lowest BCUT2D eigenvalue weighted by Gasteiger charge is -2.25. The van der Waals surface area contributed by atoms with Crippen molar-refractivity contribution >= 4 is 17.9 Å². The Hall–Kier alpha value is -3.61. The topological polar surface area (TPSA) is 91.7 Å². The number of carbonyl (C=O) groups is 2. The van der Waals surface area contributed by atoms with E-state index in [1.165, 1.54) is 0 Å². The van der Waals surface area contributed by atoms with Gasteiger partial charge in [0.05, 0.1) is 5.57 Å². The smallest absolute Gasteiger partial charge is 0.251 e. The number of carbonyl (C=O) groups excluding carboxylic acids is 2. The van der Waals surface area contributed by atoms with Crippen LogP contribution in [0.15, 0.2) is 54.2 Å². The second-order valence-electron chi connectivity index (χ2n) is 6.97. The van der Waals surface area contributed by atoms with Crippen LogP contribution >= 0.6 is 0 Å². The van der Waals surface area contributed by atoms with Gasteiger partial charge in [0.25, 0.3) is 5.91 Å². The molecule has 0 bridgehead atoms. The van der Waals surface area contributed by atoms with Crippen LogP contribution in [0.5, 0.6) is 11.5 Å². The Morgan fingerprint density at radius 3 is 2.66 bits per heavy atom. The first-order chi connectivity index (χ1) is 14.1. The van der Waals surface area contributed by atoms with Crippen LogP contribution in [0.2, 0.25) is 0 Å². The summed E-state index contributed by atoms with van der Waals surface area (Å²) in [6.45, 7) is 1.96. The zero-order valence-electron chi connectivity index (χ0n) is 15.8. The molecule has 7 heteroatoms. The number of hydrogen-bond acceptors (Lipinski definition) is 6. The molecule has 7 nitrogen and oxygen atoms in total. The third-order valence-corrected chi connectivity index (χ3v) is 4.94. The highest BCUT2D eigenvalue weighted by Crippen LogP contribution is 2.32. The summed E-state index contributed by atoms with van der Waals surface area (Å²) in [6.07, 6.45) is 3.01. The summed E-state index contributed by atoms with van der Waals surface area (Å²) in [5.41, 5.74) is 3.36. The Bertz CT molecular complexity index is 982. The predicted octanol–water partition coefficient (Wildman–Crippen LogP) is 2.65. The van der Waals surface area contributed by atoms with Gasteiger partial charge in [-0.05, 0) is 35.4 Å². The van der Waals surface area contributed by atoms with E-state index in [2.05, 4.69) is 5.32 Å². The van der Waals surface area contributed by atoms with Gasteiger partial charge in [0.1, 0.15) is 0 Å². The number of nitrogens with one attached hydrogen (secondary N) is 2. The van der Waals surface area contributed by atoms with Crippen molar-refractivity contribution in [3.8, 4) is 11.5 Å². The van der Waals surface area contributed by atoms with Gasteiger partial charge in [0.15, 0.2) is 17.8 Å². The average Bonchev–Trinajstić information content (AvgIpc) is 3.22. The van der Waals surface area contributed by atoms with Gasteiger partial charge >= 0.3 is 0 Å². The normalized spacial score (nSPS) is 15.1. The number of amides is 1. The summed E-state index contributed by atoms with van der Waals surface area (Å²) in [7, 11) is 0. The highest BCUT2D eigenvalue weighted by Gasteiger charge is 2.16. The van der Waals surface area contributed by atoms with Gasteiger partial charge < -0.3 is 25.1 Å². The van der Waals surface area contributed by atoms with Gasteiger partial charge in [-0.3, -0.25) is 9.59 Å². The van der Waals surface area contributed by atoms with Gasteiger partial charge in [0.2, 0.25) is 6.79 Å². The third kappa shape index (κ3) is 4.29. The fourth-order valence-electron chi connectivity index (χ4n) is 3.30. The molecule has 2 aliphatic rings. The minimum Gasteiger partial charge on any atom is -0.454 e. The van der Waals surface area contributed by atoms with Crippen molar-refractivity contribution < 1.29 is 19.1 Å². The second kappa shape index (κ2) is 8.18. The molecule has 0 aliphatic carbocycles. The van der Waals surface area contributed by atoms with Crippen LogP contribution in [-0.2, 0) is 17.9 Å². The molecule has 1 amide bonds. The first kappa shape index (κ1) is 18.7. The molecule has 0 fully saturated rings. The van der Waals surface area contributed by atoms with Crippen molar-refractivity contribution in [1.29, 1.82) is 5.41 Å². The molecule has 0 aromatic heterocycles. The number of fused-ring (bicyclic) bond motifs is 1. The van der Waals surface area contributed by atoms with Crippen LogP contribution in [0, 0.1) is 5.41 Å². The fraction of sp³-hybridized carbons (Fsp3) is 0.227. The van der Waals surface area contributed by atoms with E-state index in [0.29, 0.717) is 48.7 Å². The average molecular weight is 391 g/mol. The molecule has 29 heavy (non-hydrogen) atoms. The molecule has 2 heterocycles. The highest BCUT2D eigenvalue weighted by molar-refractivity contribution is 6.13. The Balaban J connectivity index is 1.34. The van der Waals surface area contributed by atoms with E-state index in [4.69, 9.17) is 14.9 Å². The Morgan fingerprint density at radius 2 is 1.86 bits per heavy atom. The largest absolute Gasteiger partial charge is 0.454 e. The molecule has 0 atom stereocenters. The molecule has 0 saturated carbocycles. The number of hydrogen-bond donors (Lipinski definition) is 2. The van der Waals surface area contributed by atoms with Crippen molar-refractivity contribution in [3.63, 3.8) is 0 Å². The van der Waals surface area contributed by atoms with Crippen LogP contribution in [0.4, 0.5) is 0 Å². The second-order valence-corrected chi connectivity index (χ2v) is 6.97. The van der Waals surface area contributed by atoms with Crippen molar-refractivity contribution in [2.75, 3.05) is 13.3 Å². The molecule has 0 saturated heterocycles. The van der Waals surface area contributed by atoms with Crippen LogP contribution in [0.25, 0.3) is 0 Å². The van der Waals surface area contributed by atoms with Crippen LogP contribution < -0.4 is 14.8 Å². The van der Waals surface area contributed by atoms with Crippen molar-refractivity contribution in [2.45, 2.75) is 19.5 Å². The summed E-state index contributed by atoms with van der Waals surface area (Å²) in [6, 6.07) is 13.0. The lowest BCUT2D eigenvalue weighted by Crippen LogP contribution is -2.27. The van der Waals surface area contributed by atoms with Crippen molar-refractivity contribution in [2.24, 2.45) is 0 Å². The number of rotatable bonds is 6. The molecule has 0 radical (unpaired) electrons. The SMILES string of the molecule is N=C1CCN(Cc2ccc(C(=O)NCc3ccc4c(c3)OCO4)cc2)C=C1C=O. The molecular formula is C22H21N3O4. The molecule has 2 aliphatic heterocycles. The number of nitrogens with zero attached hydrogens (tertiary/aromatic N) is 1. The van der Waals surface area contributed by atoms with Gasteiger partial charge in [0, 0.05) is 43.5 Å². The number of aldehydes is 1. The Morgan fingerprint density at radius 1 is 1.10 bits per heavy atom. The quantitative estimate of drug-likeness (QED) is 0.739. The minimum atomic E-state index is -0.149. The van der Waals surface area contributed by atoms with Gasteiger partial charge in [-0.2, -0.15) is 0 Å². The first-order valence-electron chi connectivity index (χ1n) is 9.37. The fourth-order valence-corrected chi connectivity index (χ4v) is 3.30. The standard InChI is InChI=1S/C22H21N3O4/c23-19-7-8-25(12-18(19)13-26)11-15-1-4-17(5-2-15)22(27)24-10-16-3-6-20-21(9-16)29-14-28-20/h1-6,9,12-13,23H,7-8,10-11,14H2,(H,24,27). The molecule has 2 N–H and O–H groups in total. The van der Waals surface area contributed by atoms with E-state index >= 15 is 0 Å². The summed E-state index contributed by atoms with van der Waals surface area (Å²) < 4.78 is 10.6. The van der Waals surface area contributed by atoms with E-state index in [-0.39, 0.29) is 12.7 Å². The van der Waals surface area contributed by atoms with Gasteiger partial charge in [-0.25, -0.2) is 0 Å². The lowest BCUT2D eigenvalue weighted by molar-refractivity contribution is -0.104. The molecule has 148 valence electrons. The minimum absolute atomic E-state index is 0.149. The first-order valence-corrected chi connectivity index (χ1v) is 9.37. The van der Waals surface area contributed by atoms with Crippen LogP contribution in [0.3, 0.4) is 0 Å². The lowest BCUT2D eigenvalue weighted by atomic mass is 10.1. The zero-order valence-corrected chi connectivity index (χ0v) is 15.8. The maximum atomic E-state index is 12.4. The monoisotopic (exact) mass is 391 g/mol. The summed E-state index contributed by atoms with van der Waals surface area (Å²) in [5, 5.41) is 10.7. The predicted molar refractivity (Wildman–Crippen MR) is 107 cm³/mol. The summed E-state index contributed by atoms with van der Waals surface area (Å²) in [4.78, 5) is 25.4. The zero-order chi connectivity index (χ0) is 20.2. The van der Waals surface area contributed by atoms with Gasteiger partial charge in [-0.1, -0.05) is 18.2 Å². The molecule has 0 unspecified atom stereocenters. The van der Waals surface area contributed by atoms with Crippen molar-refractivity contribution in [3.05, 3.63) is 70.9 Å². The van der Waals surface area contributed by atoms with Crippen LogP contribution in [-0.4, -0.2) is 36.1 Å². The maximum Gasteiger partial charge on any atom is 0.251 e. The Kier molecular flexibility index (Phi) is 5.29. The van der Waals surface area contributed by atoms with E-state index in [0.717, 1.165) is 23.2 Å². The van der Waals surface area contributed by atoms with E-state index in [9.17, 15) is 9.59 Å². The van der Waals surface area contributed by atoms with Crippen molar-refractivity contribution in [1.82, 2.24) is 10.2 Å². The number of ether oxygens (including phenoxy) is 2. The van der Waals surface area contributed by atoms with Crippen LogP contribution in [0.1, 0.15) is 27.9 Å². The van der Waals surface area contributed by atoms with E-state index < -0.39 is 0 Å². The molecule has 4 rings (SSSR count). The number of allylic oxidation sites excluding steroid dienone is 1. The maximum absolute atomic E-state index is 12.4. The summed E-state index contributed by atoms with van der Waals surface area (Å²) >= 11 is 0. The van der Waals surface area contributed by atoms with E-state index in [1.807, 2.05) is 35.2 Å². The molecule has 0 spiro atoms. The molecule has 2 aromatic carbocycles. The number of benzene rings is 2. The highest BCUT2D eigenvalue weighted by atomic mass is 16.7. The van der Waals surface area contributed by atoms with Gasteiger partial charge in [-0.15, -0.1) is 0 Å². The summed E-state index contributed by atoms with van der Waals surface area (Å²) in [5.74, 6) is 1.26. The molecular weight excluding hydrogens is 370 g/mol. The molecule has 2 aromatic rings.